The van der Waals surface area contributed by atoms with Crippen LogP contribution in [0.4, 0.5) is 0 Å². The summed E-state index contributed by atoms with van der Waals surface area (Å²) in [5.74, 6) is -0.543. The molecule has 2 rings (SSSR count). The smallest absolute Gasteiger partial charge is 0.328 e. The third-order valence-electron chi connectivity index (χ3n) is 4.44. The standard InChI is InChI=1S/C18H26N4O4/c1-9(2)7-13(18(25)26-6)20-14(23)8-12-10(3)15-16(19-11(12)4)22(5)21-17(15)24/h9,13H,7-8H2,1-6H3,(H,20,23)(H,21,24)/t13-/m1/s1. The molecule has 0 saturated heterocycles. The van der Waals surface area contributed by atoms with Crippen LogP contribution in [0.2, 0.25) is 0 Å². The number of carbonyl (C=O) groups excluding carboxylic acids is 2. The van der Waals surface area contributed by atoms with Crippen molar-refractivity contribution in [3.63, 3.8) is 0 Å². The molecule has 26 heavy (non-hydrogen) atoms. The normalized spacial score (nSPS) is 12.4. The number of hydrogen-bond donors (Lipinski definition) is 2. The predicted octanol–water partition coefficient (Wildman–Crippen LogP) is 1.12. The number of nitrogens with one attached hydrogen (secondary N) is 2. The van der Waals surface area contributed by atoms with Crippen LogP contribution in [0.15, 0.2) is 4.79 Å². The molecule has 0 radical (unpaired) electrons. The van der Waals surface area contributed by atoms with Crippen LogP contribution >= 0.6 is 0 Å². The Hall–Kier alpha value is -2.64. The quantitative estimate of drug-likeness (QED) is 0.749. The van der Waals surface area contributed by atoms with Crippen molar-refractivity contribution >= 4 is 22.9 Å². The van der Waals surface area contributed by atoms with Gasteiger partial charge in [0.2, 0.25) is 5.91 Å². The number of rotatable bonds is 6. The number of hydrogen-bond acceptors (Lipinski definition) is 5. The minimum Gasteiger partial charge on any atom is -0.467 e. The monoisotopic (exact) mass is 362 g/mol. The second kappa shape index (κ2) is 7.72. The molecule has 0 unspecified atom stereocenters. The average Bonchev–Trinajstić information content (AvgIpc) is 2.83. The minimum atomic E-state index is -0.690. The zero-order valence-electron chi connectivity index (χ0n) is 16.1. The Bertz CT molecular complexity index is 895. The van der Waals surface area contributed by atoms with E-state index in [-0.39, 0.29) is 23.8 Å². The summed E-state index contributed by atoms with van der Waals surface area (Å²) < 4.78 is 6.34. The molecule has 0 aliphatic rings. The zero-order valence-corrected chi connectivity index (χ0v) is 16.1. The summed E-state index contributed by atoms with van der Waals surface area (Å²) in [7, 11) is 3.02. The van der Waals surface area contributed by atoms with Crippen LogP contribution in [0.25, 0.3) is 11.0 Å². The maximum atomic E-state index is 12.5. The van der Waals surface area contributed by atoms with Gasteiger partial charge in [0, 0.05) is 12.7 Å². The van der Waals surface area contributed by atoms with Crippen molar-refractivity contribution in [2.45, 2.75) is 46.6 Å². The molecule has 0 fully saturated rings. The molecule has 1 atom stereocenters. The molecule has 0 aromatic carbocycles. The summed E-state index contributed by atoms with van der Waals surface area (Å²) in [6, 6.07) is -0.690. The first kappa shape index (κ1) is 19.7. The van der Waals surface area contributed by atoms with Gasteiger partial charge in [-0.05, 0) is 37.3 Å². The highest BCUT2D eigenvalue weighted by molar-refractivity contribution is 5.87. The Kier molecular flexibility index (Phi) is 5.84. The van der Waals surface area contributed by atoms with E-state index in [9.17, 15) is 14.4 Å². The van der Waals surface area contributed by atoms with Crippen molar-refractivity contribution in [3.8, 4) is 0 Å². The van der Waals surface area contributed by atoms with Gasteiger partial charge >= 0.3 is 5.97 Å². The van der Waals surface area contributed by atoms with E-state index in [1.54, 1.807) is 25.6 Å². The third kappa shape index (κ3) is 3.95. The van der Waals surface area contributed by atoms with Gasteiger partial charge in [0.1, 0.15) is 6.04 Å². The lowest BCUT2D eigenvalue weighted by atomic mass is 10.0. The summed E-state index contributed by atoms with van der Waals surface area (Å²) in [4.78, 5) is 41.0. The van der Waals surface area contributed by atoms with Crippen LogP contribution in [-0.2, 0) is 27.8 Å². The number of aryl methyl sites for hydroxylation is 3. The zero-order chi connectivity index (χ0) is 19.6. The molecule has 2 N–H and O–H groups in total. The van der Waals surface area contributed by atoms with E-state index < -0.39 is 12.0 Å². The van der Waals surface area contributed by atoms with Crippen LogP contribution < -0.4 is 10.9 Å². The van der Waals surface area contributed by atoms with Crippen molar-refractivity contribution in [3.05, 3.63) is 27.2 Å². The molecule has 1 amide bonds. The number of fused-ring (bicyclic) bond motifs is 1. The topological polar surface area (TPSA) is 106 Å². The van der Waals surface area contributed by atoms with Crippen molar-refractivity contribution in [2.24, 2.45) is 13.0 Å². The molecule has 2 aromatic rings. The predicted molar refractivity (Wildman–Crippen MR) is 97.9 cm³/mol. The Morgan fingerprint density at radius 1 is 1.31 bits per heavy atom. The maximum Gasteiger partial charge on any atom is 0.328 e. The molecule has 8 heteroatoms. The second-order valence-corrected chi connectivity index (χ2v) is 6.95. The Morgan fingerprint density at radius 2 is 1.96 bits per heavy atom. The molecule has 2 heterocycles. The molecule has 0 spiro atoms. The number of pyridine rings is 1. The number of nitrogens with zero attached hydrogens (tertiary/aromatic N) is 2. The van der Waals surface area contributed by atoms with Gasteiger partial charge in [-0.25, -0.2) is 9.78 Å². The fourth-order valence-corrected chi connectivity index (χ4v) is 3.14. The summed E-state index contributed by atoms with van der Waals surface area (Å²) in [5.41, 5.74) is 2.42. The summed E-state index contributed by atoms with van der Waals surface area (Å²) in [6.07, 6.45) is 0.534. The summed E-state index contributed by atoms with van der Waals surface area (Å²) in [6.45, 7) is 7.55. The minimum absolute atomic E-state index is 0.0422. The van der Waals surface area contributed by atoms with Crippen molar-refractivity contribution in [2.75, 3.05) is 7.11 Å². The molecule has 8 nitrogen and oxygen atoms in total. The van der Waals surface area contributed by atoms with Gasteiger partial charge in [-0.1, -0.05) is 13.8 Å². The molecule has 0 bridgehead atoms. The number of H-pyrrole nitrogens is 1. The van der Waals surface area contributed by atoms with E-state index in [1.165, 1.54) is 7.11 Å². The highest BCUT2D eigenvalue weighted by atomic mass is 16.5. The van der Waals surface area contributed by atoms with E-state index in [1.807, 2.05) is 13.8 Å². The largest absolute Gasteiger partial charge is 0.467 e. The first-order chi connectivity index (χ1) is 12.1. The van der Waals surface area contributed by atoms with E-state index >= 15 is 0 Å². The lowest BCUT2D eigenvalue weighted by Crippen LogP contribution is -2.43. The van der Waals surface area contributed by atoms with E-state index in [0.29, 0.717) is 28.7 Å². The van der Waals surface area contributed by atoms with Crippen LogP contribution in [-0.4, -0.2) is 39.8 Å². The average molecular weight is 362 g/mol. The lowest BCUT2D eigenvalue weighted by molar-refractivity contribution is -0.145. The molecular formula is C18H26N4O4. The third-order valence-corrected chi connectivity index (χ3v) is 4.44. The van der Waals surface area contributed by atoms with Gasteiger partial charge in [-0.15, -0.1) is 0 Å². The van der Waals surface area contributed by atoms with Gasteiger partial charge in [0.15, 0.2) is 5.65 Å². The first-order valence-corrected chi connectivity index (χ1v) is 8.57. The Morgan fingerprint density at radius 3 is 2.54 bits per heavy atom. The summed E-state index contributed by atoms with van der Waals surface area (Å²) >= 11 is 0. The number of esters is 1. The molecule has 0 aliphatic heterocycles. The van der Waals surface area contributed by atoms with Gasteiger partial charge in [-0.3, -0.25) is 19.4 Å². The number of methoxy groups -OCH3 is 1. The maximum absolute atomic E-state index is 12.5. The Balaban J connectivity index is 2.29. The van der Waals surface area contributed by atoms with Gasteiger partial charge in [0.25, 0.3) is 5.56 Å². The van der Waals surface area contributed by atoms with Gasteiger partial charge in [-0.2, -0.15) is 0 Å². The van der Waals surface area contributed by atoms with E-state index in [2.05, 4.69) is 15.4 Å². The number of aromatic amines is 1. The number of aromatic nitrogens is 3. The lowest BCUT2D eigenvalue weighted by Gasteiger charge is -2.19. The molecule has 0 aliphatic carbocycles. The van der Waals surface area contributed by atoms with Crippen LogP contribution in [0.1, 0.15) is 37.1 Å². The fourth-order valence-electron chi connectivity index (χ4n) is 3.14. The molecule has 142 valence electrons. The fraction of sp³-hybridized carbons (Fsp3) is 0.556. The SMILES string of the molecule is COC(=O)[C@@H](CC(C)C)NC(=O)Cc1c(C)nc2c(c1C)c(=O)[nH]n2C. The van der Waals surface area contributed by atoms with Gasteiger partial charge in [0.05, 0.1) is 18.9 Å². The summed E-state index contributed by atoms with van der Waals surface area (Å²) in [5, 5.41) is 5.89. The van der Waals surface area contributed by atoms with Crippen LogP contribution in [0.5, 0.6) is 0 Å². The number of carbonyl (C=O) groups is 2. The highest BCUT2D eigenvalue weighted by Gasteiger charge is 2.24. The highest BCUT2D eigenvalue weighted by Crippen LogP contribution is 2.20. The van der Waals surface area contributed by atoms with E-state index in [0.717, 1.165) is 5.56 Å². The first-order valence-electron chi connectivity index (χ1n) is 8.57. The van der Waals surface area contributed by atoms with Crippen LogP contribution in [0, 0.1) is 19.8 Å². The molecular weight excluding hydrogens is 336 g/mol. The van der Waals surface area contributed by atoms with Crippen LogP contribution in [0.3, 0.4) is 0 Å². The van der Waals surface area contributed by atoms with Crippen molar-refractivity contribution in [1.82, 2.24) is 20.1 Å². The molecule has 0 saturated carbocycles. The van der Waals surface area contributed by atoms with Gasteiger partial charge < -0.3 is 10.1 Å². The number of ether oxygens (including phenoxy) is 1. The van der Waals surface area contributed by atoms with E-state index in [4.69, 9.17) is 4.74 Å². The van der Waals surface area contributed by atoms with Crippen molar-refractivity contribution in [1.29, 1.82) is 0 Å². The second-order valence-electron chi connectivity index (χ2n) is 6.95. The molecule has 2 aromatic heterocycles. The number of amides is 1. The Labute approximate surface area is 151 Å². The van der Waals surface area contributed by atoms with Crippen molar-refractivity contribution < 1.29 is 14.3 Å².